The van der Waals surface area contributed by atoms with Crippen molar-refractivity contribution in [3.05, 3.63) is 52.9 Å². The zero-order chi connectivity index (χ0) is 18.5. The Labute approximate surface area is 153 Å². The molecule has 1 aliphatic carbocycles. The predicted molar refractivity (Wildman–Crippen MR) is 97.7 cm³/mol. The summed E-state index contributed by atoms with van der Waals surface area (Å²) in [6, 6.07) is 9.78. The van der Waals surface area contributed by atoms with Crippen LogP contribution in [0.15, 0.2) is 34.9 Å². The number of rotatable bonds is 8. The van der Waals surface area contributed by atoms with Gasteiger partial charge in [0.25, 0.3) is 0 Å². The van der Waals surface area contributed by atoms with Gasteiger partial charge in [0.1, 0.15) is 5.76 Å². The molecule has 1 aromatic heterocycles. The van der Waals surface area contributed by atoms with E-state index in [1.165, 1.54) is 5.56 Å². The molecule has 2 aromatic rings. The maximum Gasteiger partial charge on any atom is 0.228 e. The van der Waals surface area contributed by atoms with Gasteiger partial charge < -0.3 is 14.7 Å². The molecule has 0 atom stereocenters. The summed E-state index contributed by atoms with van der Waals surface area (Å²) in [6.45, 7) is 2.91. The number of aromatic nitrogens is 1. The molecule has 0 bridgehead atoms. The van der Waals surface area contributed by atoms with E-state index in [0.29, 0.717) is 31.1 Å². The number of nitrogens with one attached hydrogen (secondary N) is 1. The second-order valence-electron chi connectivity index (χ2n) is 7.00. The lowest BCUT2D eigenvalue weighted by atomic mass is 10.1. The molecule has 6 heteroatoms. The maximum atomic E-state index is 12.2. The van der Waals surface area contributed by atoms with Crippen molar-refractivity contribution in [3.8, 4) is 0 Å². The summed E-state index contributed by atoms with van der Waals surface area (Å²) in [4.78, 5) is 25.8. The molecule has 0 spiro atoms. The second-order valence-corrected chi connectivity index (χ2v) is 7.00. The molecule has 1 fully saturated rings. The zero-order valence-corrected chi connectivity index (χ0v) is 15.3. The first-order chi connectivity index (χ1) is 12.5. The van der Waals surface area contributed by atoms with Crippen LogP contribution in [0.5, 0.6) is 0 Å². The van der Waals surface area contributed by atoms with Gasteiger partial charge in [0.2, 0.25) is 11.8 Å². The molecule has 0 radical (unpaired) electrons. The van der Waals surface area contributed by atoms with Crippen LogP contribution in [-0.4, -0.2) is 42.0 Å². The van der Waals surface area contributed by atoms with E-state index < -0.39 is 0 Å². The van der Waals surface area contributed by atoms with E-state index in [9.17, 15) is 9.59 Å². The van der Waals surface area contributed by atoms with Gasteiger partial charge in [-0.2, -0.15) is 0 Å². The van der Waals surface area contributed by atoms with Crippen LogP contribution < -0.4 is 5.32 Å². The third-order valence-electron chi connectivity index (χ3n) is 4.57. The van der Waals surface area contributed by atoms with Crippen LogP contribution in [0.1, 0.15) is 41.3 Å². The van der Waals surface area contributed by atoms with Crippen molar-refractivity contribution in [2.45, 2.75) is 38.5 Å². The molecule has 138 valence electrons. The SMILES string of the molecule is Cc1ccc(CC(=O)NCCN(C)C(=O)Cc2cc(C3CC3)on2)cc1. The Morgan fingerprint density at radius 2 is 1.96 bits per heavy atom. The second kappa shape index (κ2) is 8.17. The number of hydrogen-bond acceptors (Lipinski definition) is 4. The minimum absolute atomic E-state index is 0.0339. The highest BCUT2D eigenvalue weighted by Crippen LogP contribution is 2.40. The van der Waals surface area contributed by atoms with Gasteiger partial charge in [-0.25, -0.2) is 0 Å². The number of benzene rings is 1. The molecular weight excluding hydrogens is 330 g/mol. The smallest absolute Gasteiger partial charge is 0.228 e. The van der Waals surface area contributed by atoms with Crippen LogP contribution in [0.25, 0.3) is 0 Å². The van der Waals surface area contributed by atoms with E-state index >= 15 is 0 Å². The van der Waals surface area contributed by atoms with Gasteiger partial charge in [0.05, 0.1) is 18.5 Å². The molecule has 1 aliphatic rings. The zero-order valence-electron chi connectivity index (χ0n) is 15.3. The molecule has 0 aliphatic heterocycles. The normalized spacial score (nSPS) is 13.5. The van der Waals surface area contributed by atoms with Crippen molar-refractivity contribution in [3.63, 3.8) is 0 Å². The van der Waals surface area contributed by atoms with Crippen LogP contribution in [0, 0.1) is 6.92 Å². The quantitative estimate of drug-likeness (QED) is 0.788. The highest BCUT2D eigenvalue weighted by Gasteiger charge is 2.28. The average molecular weight is 355 g/mol. The summed E-state index contributed by atoms with van der Waals surface area (Å²) < 4.78 is 5.27. The monoisotopic (exact) mass is 355 g/mol. The van der Waals surface area contributed by atoms with Gasteiger partial charge in [-0.3, -0.25) is 9.59 Å². The van der Waals surface area contributed by atoms with Crippen molar-refractivity contribution in [2.24, 2.45) is 0 Å². The lowest BCUT2D eigenvalue weighted by molar-refractivity contribution is -0.129. The summed E-state index contributed by atoms with van der Waals surface area (Å²) in [5, 5.41) is 6.82. The maximum absolute atomic E-state index is 12.2. The van der Waals surface area contributed by atoms with Crippen molar-refractivity contribution in [1.82, 2.24) is 15.4 Å². The lowest BCUT2D eigenvalue weighted by Crippen LogP contribution is -2.37. The Kier molecular flexibility index (Phi) is 5.71. The van der Waals surface area contributed by atoms with E-state index in [-0.39, 0.29) is 18.2 Å². The number of nitrogens with zero attached hydrogens (tertiary/aromatic N) is 2. The van der Waals surface area contributed by atoms with Gasteiger partial charge in [-0.05, 0) is 25.3 Å². The van der Waals surface area contributed by atoms with E-state index in [1.54, 1.807) is 11.9 Å². The van der Waals surface area contributed by atoms with E-state index in [1.807, 2.05) is 37.3 Å². The van der Waals surface area contributed by atoms with E-state index in [2.05, 4.69) is 10.5 Å². The van der Waals surface area contributed by atoms with Gasteiger partial charge in [0, 0.05) is 32.1 Å². The Balaban J connectivity index is 1.37. The van der Waals surface area contributed by atoms with Crippen molar-refractivity contribution < 1.29 is 14.1 Å². The molecule has 0 saturated heterocycles. The predicted octanol–water partition coefficient (Wildman–Crippen LogP) is 2.22. The molecule has 1 N–H and O–H groups in total. The number of carbonyl (C=O) groups excluding carboxylic acids is 2. The molecule has 2 amide bonds. The fourth-order valence-electron chi connectivity index (χ4n) is 2.70. The molecule has 26 heavy (non-hydrogen) atoms. The van der Waals surface area contributed by atoms with Gasteiger partial charge in [-0.1, -0.05) is 35.0 Å². The third kappa shape index (κ3) is 5.18. The molecule has 1 saturated carbocycles. The minimum atomic E-state index is -0.0414. The Morgan fingerprint density at radius 3 is 2.65 bits per heavy atom. The Bertz CT molecular complexity index is 763. The molecule has 6 nitrogen and oxygen atoms in total. The first-order valence-corrected chi connectivity index (χ1v) is 9.03. The van der Waals surface area contributed by atoms with Crippen LogP contribution in [0.4, 0.5) is 0 Å². The van der Waals surface area contributed by atoms with Crippen LogP contribution in [0.3, 0.4) is 0 Å². The number of aryl methyl sites for hydroxylation is 1. The summed E-state index contributed by atoms with van der Waals surface area (Å²) >= 11 is 0. The molecule has 1 heterocycles. The fraction of sp³-hybridized carbons (Fsp3) is 0.450. The van der Waals surface area contributed by atoms with Crippen molar-refractivity contribution >= 4 is 11.8 Å². The highest BCUT2D eigenvalue weighted by molar-refractivity contribution is 5.79. The topological polar surface area (TPSA) is 75.4 Å². The van der Waals surface area contributed by atoms with Gasteiger partial charge in [0.15, 0.2) is 0 Å². The van der Waals surface area contributed by atoms with Crippen LogP contribution >= 0.6 is 0 Å². The first kappa shape index (κ1) is 18.2. The first-order valence-electron chi connectivity index (χ1n) is 9.03. The van der Waals surface area contributed by atoms with Crippen molar-refractivity contribution in [2.75, 3.05) is 20.1 Å². The van der Waals surface area contributed by atoms with Gasteiger partial charge >= 0.3 is 0 Å². The number of carbonyl (C=O) groups is 2. The molecule has 1 aromatic carbocycles. The van der Waals surface area contributed by atoms with E-state index in [4.69, 9.17) is 4.52 Å². The van der Waals surface area contributed by atoms with E-state index in [0.717, 1.165) is 24.2 Å². The minimum Gasteiger partial charge on any atom is -0.361 e. The standard InChI is InChI=1S/C20H25N3O3/c1-14-3-5-15(6-4-14)11-19(24)21-9-10-23(2)20(25)13-17-12-18(26-22-17)16-7-8-16/h3-6,12,16H,7-11,13H2,1-2H3,(H,21,24). The number of hydrogen-bond donors (Lipinski definition) is 1. The van der Waals surface area contributed by atoms with Crippen LogP contribution in [0.2, 0.25) is 0 Å². The lowest BCUT2D eigenvalue weighted by Gasteiger charge is -2.16. The average Bonchev–Trinajstić information content (AvgIpc) is 3.36. The van der Waals surface area contributed by atoms with Gasteiger partial charge in [-0.15, -0.1) is 0 Å². The summed E-state index contributed by atoms with van der Waals surface area (Å²) in [6.07, 6.45) is 2.86. The molecule has 0 unspecified atom stereocenters. The third-order valence-corrected chi connectivity index (χ3v) is 4.57. The summed E-state index contributed by atoms with van der Waals surface area (Å²) in [5.74, 6) is 1.31. The van der Waals surface area contributed by atoms with Crippen molar-refractivity contribution in [1.29, 1.82) is 0 Å². The summed E-state index contributed by atoms with van der Waals surface area (Å²) in [7, 11) is 1.73. The number of likely N-dealkylation sites (N-methyl/N-ethyl adjacent to an activating group) is 1. The Hall–Kier alpha value is -2.63. The largest absolute Gasteiger partial charge is 0.361 e. The van der Waals surface area contributed by atoms with Crippen LogP contribution in [-0.2, 0) is 22.4 Å². The fourth-order valence-corrected chi connectivity index (χ4v) is 2.70. The molecule has 3 rings (SSSR count). The Morgan fingerprint density at radius 1 is 1.23 bits per heavy atom. The number of amides is 2. The molecular formula is C20H25N3O3. The highest BCUT2D eigenvalue weighted by atomic mass is 16.5. The summed E-state index contributed by atoms with van der Waals surface area (Å²) in [5.41, 5.74) is 2.83.